The minimum absolute atomic E-state index is 0.0770. The molecule has 0 radical (unpaired) electrons. The first-order valence-electron chi connectivity index (χ1n) is 6.55. The molecule has 20 heavy (non-hydrogen) atoms. The van der Waals surface area contributed by atoms with Crippen LogP contribution in [-0.4, -0.2) is 11.6 Å². The lowest BCUT2D eigenvalue weighted by Crippen LogP contribution is -2.20. The average molecular weight is 287 g/mol. The van der Waals surface area contributed by atoms with Gasteiger partial charge < -0.3 is 10.1 Å². The normalized spacial score (nSPS) is 11.8. The molecular formula is C15H17N3OS. The number of thiazole rings is 1. The lowest BCUT2D eigenvalue weighted by molar-refractivity contribution is 0.367. The highest BCUT2D eigenvalue weighted by molar-refractivity contribution is 7.09. The van der Waals surface area contributed by atoms with Crippen LogP contribution < -0.4 is 10.1 Å². The van der Waals surface area contributed by atoms with Gasteiger partial charge in [0.2, 0.25) is 0 Å². The van der Waals surface area contributed by atoms with E-state index in [1.165, 1.54) is 0 Å². The average Bonchev–Trinajstić information content (AvgIpc) is 3.00. The Morgan fingerprint density at radius 2 is 2.40 bits per heavy atom. The van der Waals surface area contributed by atoms with Gasteiger partial charge in [-0.2, -0.15) is 5.26 Å². The van der Waals surface area contributed by atoms with E-state index in [1.807, 2.05) is 41.9 Å². The Bertz CT molecular complexity index is 563. The van der Waals surface area contributed by atoms with Crippen molar-refractivity contribution in [1.82, 2.24) is 10.3 Å². The van der Waals surface area contributed by atoms with E-state index >= 15 is 0 Å². The molecule has 0 spiro atoms. The quantitative estimate of drug-likeness (QED) is 0.849. The molecule has 104 valence electrons. The topological polar surface area (TPSA) is 57.9 Å². The fourth-order valence-corrected chi connectivity index (χ4v) is 2.71. The summed E-state index contributed by atoms with van der Waals surface area (Å²) in [4.78, 5) is 4.35. The van der Waals surface area contributed by atoms with E-state index in [0.717, 1.165) is 29.3 Å². The first-order valence-corrected chi connectivity index (χ1v) is 7.43. The molecule has 4 nitrogen and oxygen atoms in total. The molecule has 1 unspecified atom stereocenters. The molecule has 0 fully saturated rings. The molecule has 0 aliphatic rings. The lowest BCUT2D eigenvalue weighted by Gasteiger charge is -2.14. The lowest BCUT2D eigenvalue weighted by atomic mass is 10.2. The van der Waals surface area contributed by atoms with Crippen molar-refractivity contribution in [2.45, 2.75) is 25.9 Å². The second-order valence-electron chi connectivity index (χ2n) is 4.31. The Morgan fingerprint density at radius 3 is 3.10 bits per heavy atom. The minimum atomic E-state index is 0.0770. The Kier molecular flexibility index (Phi) is 5.54. The predicted molar refractivity (Wildman–Crippen MR) is 79.5 cm³/mol. The number of hydrogen-bond acceptors (Lipinski definition) is 5. The molecule has 0 bridgehead atoms. The molecule has 1 N–H and O–H groups in total. The molecular weight excluding hydrogens is 270 g/mol. The number of hydrogen-bond donors (Lipinski definition) is 1. The van der Waals surface area contributed by atoms with Crippen LogP contribution in [0.4, 0.5) is 0 Å². The first kappa shape index (κ1) is 14.5. The van der Waals surface area contributed by atoms with Gasteiger partial charge in [0.15, 0.2) is 6.61 Å². The van der Waals surface area contributed by atoms with Crippen molar-refractivity contribution in [2.75, 3.05) is 6.61 Å². The Labute approximate surface area is 123 Å². The Balaban J connectivity index is 1.94. The maximum absolute atomic E-state index is 8.52. The molecule has 1 heterocycles. The van der Waals surface area contributed by atoms with E-state index in [1.54, 1.807) is 11.3 Å². The van der Waals surface area contributed by atoms with E-state index in [2.05, 4.69) is 17.2 Å². The smallest absolute Gasteiger partial charge is 0.174 e. The zero-order chi connectivity index (χ0) is 14.2. The van der Waals surface area contributed by atoms with E-state index in [4.69, 9.17) is 10.00 Å². The van der Waals surface area contributed by atoms with Crippen molar-refractivity contribution in [2.24, 2.45) is 0 Å². The summed E-state index contributed by atoms with van der Waals surface area (Å²) in [5.41, 5.74) is 1.13. The van der Waals surface area contributed by atoms with Gasteiger partial charge in [0.25, 0.3) is 0 Å². The molecule has 1 atom stereocenters. The van der Waals surface area contributed by atoms with Gasteiger partial charge in [-0.15, -0.1) is 11.3 Å². The van der Waals surface area contributed by atoms with Crippen LogP contribution in [0.2, 0.25) is 0 Å². The molecule has 1 aromatic carbocycles. The summed E-state index contributed by atoms with van der Waals surface area (Å²) < 4.78 is 5.30. The molecule has 0 saturated carbocycles. The number of ether oxygens (including phenoxy) is 1. The highest BCUT2D eigenvalue weighted by Crippen LogP contribution is 2.20. The highest BCUT2D eigenvalue weighted by Gasteiger charge is 2.11. The summed E-state index contributed by atoms with van der Waals surface area (Å²) in [6.45, 7) is 2.97. The summed E-state index contributed by atoms with van der Waals surface area (Å²) in [7, 11) is 0. The van der Waals surface area contributed by atoms with E-state index < -0.39 is 0 Å². The van der Waals surface area contributed by atoms with Crippen LogP contribution >= 0.6 is 11.3 Å². The van der Waals surface area contributed by atoms with E-state index in [9.17, 15) is 0 Å². The van der Waals surface area contributed by atoms with Gasteiger partial charge in [0.05, 0.1) is 6.04 Å². The van der Waals surface area contributed by atoms with Gasteiger partial charge in [-0.3, -0.25) is 0 Å². The van der Waals surface area contributed by atoms with Crippen molar-refractivity contribution in [3.05, 3.63) is 46.4 Å². The van der Waals surface area contributed by atoms with Crippen LogP contribution in [0.25, 0.3) is 0 Å². The van der Waals surface area contributed by atoms with Crippen molar-refractivity contribution < 1.29 is 4.74 Å². The van der Waals surface area contributed by atoms with Gasteiger partial charge in [0, 0.05) is 18.1 Å². The summed E-state index contributed by atoms with van der Waals surface area (Å²) in [6.07, 6.45) is 2.83. The van der Waals surface area contributed by atoms with Crippen LogP contribution in [0.1, 0.15) is 30.0 Å². The molecule has 0 aliphatic carbocycles. The molecule has 0 saturated heterocycles. The maximum atomic E-state index is 8.52. The van der Waals surface area contributed by atoms with Gasteiger partial charge in [-0.1, -0.05) is 19.1 Å². The monoisotopic (exact) mass is 287 g/mol. The zero-order valence-electron chi connectivity index (χ0n) is 11.4. The summed E-state index contributed by atoms with van der Waals surface area (Å²) in [5, 5.41) is 15.1. The van der Waals surface area contributed by atoms with Crippen LogP contribution in [-0.2, 0) is 6.54 Å². The molecule has 0 amide bonds. The van der Waals surface area contributed by atoms with Gasteiger partial charge in [-0.05, 0) is 24.1 Å². The molecule has 0 aliphatic heterocycles. The van der Waals surface area contributed by atoms with Crippen LogP contribution in [0.3, 0.4) is 0 Å². The third-order valence-electron chi connectivity index (χ3n) is 2.91. The fraction of sp³-hybridized carbons (Fsp3) is 0.333. The highest BCUT2D eigenvalue weighted by atomic mass is 32.1. The van der Waals surface area contributed by atoms with Gasteiger partial charge in [0.1, 0.15) is 16.8 Å². The maximum Gasteiger partial charge on any atom is 0.174 e. The Morgan fingerprint density at radius 1 is 1.50 bits per heavy atom. The molecule has 2 rings (SSSR count). The van der Waals surface area contributed by atoms with Crippen LogP contribution in [0.15, 0.2) is 35.8 Å². The summed E-state index contributed by atoms with van der Waals surface area (Å²) in [5.74, 6) is 0.730. The zero-order valence-corrected chi connectivity index (χ0v) is 12.2. The number of aromatic nitrogens is 1. The third kappa shape index (κ3) is 4.05. The second-order valence-corrected chi connectivity index (χ2v) is 5.23. The molecule has 1 aromatic heterocycles. The van der Waals surface area contributed by atoms with Crippen molar-refractivity contribution in [3.8, 4) is 11.8 Å². The molecule has 5 heteroatoms. The second kappa shape index (κ2) is 7.63. The first-order chi connectivity index (χ1) is 9.83. The van der Waals surface area contributed by atoms with Crippen molar-refractivity contribution in [1.29, 1.82) is 5.26 Å². The molecule has 2 aromatic rings. The predicted octanol–water partition coefficient (Wildman–Crippen LogP) is 3.29. The van der Waals surface area contributed by atoms with Gasteiger partial charge >= 0.3 is 0 Å². The Hall–Kier alpha value is -1.90. The largest absolute Gasteiger partial charge is 0.479 e. The van der Waals surface area contributed by atoms with Crippen LogP contribution in [0.5, 0.6) is 5.75 Å². The summed E-state index contributed by atoms with van der Waals surface area (Å²) >= 11 is 1.67. The summed E-state index contributed by atoms with van der Waals surface area (Å²) in [6, 6.07) is 10.0. The van der Waals surface area contributed by atoms with Crippen LogP contribution in [0, 0.1) is 11.3 Å². The number of benzene rings is 1. The standard InChI is InChI=1S/C15H17N3OS/c1-2-14(15-17-7-9-20-15)18-11-12-4-3-5-13(10-12)19-8-6-16/h3-5,7,9-10,14,18H,2,8,11H2,1H3. The van der Waals surface area contributed by atoms with Gasteiger partial charge in [-0.25, -0.2) is 4.98 Å². The minimum Gasteiger partial charge on any atom is -0.479 e. The third-order valence-corrected chi connectivity index (χ3v) is 3.80. The van der Waals surface area contributed by atoms with Crippen molar-refractivity contribution >= 4 is 11.3 Å². The number of nitrogens with one attached hydrogen (secondary N) is 1. The number of rotatable bonds is 7. The SMILES string of the molecule is CCC(NCc1cccc(OCC#N)c1)c1nccs1. The van der Waals surface area contributed by atoms with Crippen molar-refractivity contribution in [3.63, 3.8) is 0 Å². The fourth-order valence-electron chi connectivity index (χ4n) is 1.91. The van der Waals surface area contributed by atoms with E-state index in [-0.39, 0.29) is 12.6 Å². The number of nitrogens with zero attached hydrogens (tertiary/aromatic N) is 2. The van der Waals surface area contributed by atoms with E-state index in [0.29, 0.717) is 0 Å². The number of nitriles is 1.